The van der Waals surface area contributed by atoms with Crippen molar-refractivity contribution >= 4 is 0 Å². The molecular weight excluding hydrogens is 200 g/mol. The van der Waals surface area contributed by atoms with E-state index in [4.69, 9.17) is 9.47 Å². The second kappa shape index (κ2) is 4.35. The molecule has 1 saturated heterocycles. The Kier molecular flexibility index (Phi) is 3.73. The Morgan fingerprint density at radius 1 is 1.40 bits per heavy atom. The van der Waals surface area contributed by atoms with Crippen LogP contribution >= 0.6 is 0 Å². The molecule has 3 N–H and O–H groups in total. The molecule has 1 fully saturated rings. The fourth-order valence-corrected chi connectivity index (χ4v) is 1.76. The first-order valence-corrected chi connectivity index (χ1v) is 5.13. The van der Waals surface area contributed by atoms with Gasteiger partial charge in [-0.1, -0.05) is 6.92 Å². The molecular formula is C10H20O5. The maximum atomic E-state index is 9.45. The molecule has 1 aliphatic rings. The summed E-state index contributed by atoms with van der Waals surface area (Å²) in [5.74, 6) is -1.29. The van der Waals surface area contributed by atoms with E-state index in [1.807, 2.05) is 6.92 Å². The highest BCUT2D eigenvalue weighted by Gasteiger charge is 2.47. The summed E-state index contributed by atoms with van der Waals surface area (Å²) in [4.78, 5) is 0. The van der Waals surface area contributed by atoms with Crippen molar-refractivity contribution in [3.8, 4) is 0 Å². The summed E-state index contributed by atoms with van der Waals surface area (Å²) in [6.45, 7) is 4.39. The zero-order valence-electron chi connectivity index (χ0n) is 9.43. The summed E-state index contributed by atoms with van der Waals surface area (Å²) in [6.07, 6.45) is -0.0372. The average Bonchev–Trinajstić information content (AvgIpc) is 2.40. The molecule has 0 radical (unpaired) electrons. The van der Waals surface area contributed by atoms with E-state index in [0.717, 1.165) is 0 Å². The van der Waals surface area contributed by atoms with Gasteiger partial charge < -0.3 is 24.8 Å². The number of hydrogen-bond acceptors (Lipinski definition) is 5. The van der Waals surface area contributed by atoms with Crippen molar-refractivity contribution in [3.63, 3.8) is 0 Å². The second-order valence-corrected chi connectivity index (χ2v) is 4.63. The average molecular weight is 220 g/mol. The predicted octanol–water partition coefficient (Wildman–Crippen LogP) is -0.163. The van der Waals surface area contributed by atoms with Crippen LogP contribution < -0.4 is 0 Å². The van der Waals surface area contributed by atoms with Crippen LogP contribution in [0, 0.1) is 5.92 Å². The lowest BCUT2D eigenvalue weighted by Crippen LogP contribution is -2.43. The van der Waals surface area contributed by atoms with E-state index in [-0.39, 0.29) is 19.1 Å². The Balaban J connectivity index is 2.63. The Bertz CT molecular complexity index is 206. The van der Waals surface area contributed by atoms with Crippen LogP contribution in [0.3, 0.4) is 0 Å². The van der Waals surface area contributed by atoms with Crippen LogP contribution in [-0.2, 0) is 9.47 Å². The van der Waals surface area contributed by atoms with Gasteiger partial charge in [-0.15, -0.1) is 0 Å². The van der Waals surface area contributed by atoms with Crippen LogP contribution in [0.2, 0.25) is 0 Å². The maximum Gasteiger partial charge on any atom is 0.162 e. The Hall–Kier alpha value is -0.200. The lowest BCUT2D eigenvalue weighted by molar-refractivity contribution is -0.286. The van der Waals surface area contributed by atoms with Gasteiger partial charge in [0.05, 0.1) is 13.2 Å². The van der Waals surface area contributed by atoms with Gasteiger partial charge in [0.15, 0.2) is 12.1 Å². The highest BCUT2D eigenvalue weighted by atomic mass is 16.8. The summed E-state index contributed by atoms with van der Waals surface area (Å²) < 4.78 is 10.7. The number of rotatable bonds is 4. The van der Waals surface area contributed by atoms with Crippen molar-refractivity contribution < 1.29 is 24.8 Å². The minimum Gasteiger partial charge on any atom is -0.393 e. The number of aliphatic hydroxyl groups excluding tert-OH is 2. The van der Waals surface area contributed by atoms with E-state index >= 15 is 0 Å². The summed E-state index contributed by atoms with van der Waals surface area (Å²) in [7, 11) is 0. The monoisotopic (exact) mass is 220 g/mol. The first kappa shape index (κ1) is 12.9. The smallest absolute Gasteiger partial charge is 0.162 e. The molecule has 0 amide bonds. The Morgan fingerprint density at radius 3 is 2.27 bits per heavy atom. The fourth-order valence-electron chi connectivity index (χ4n) is 1.76. The third kappa shape index (κ3) is 2.89. The van der Waals surface area contributed by atoms with Gasteiger partial charge in [-0.3, -0.25) is 0 Å². The Morgan fingerprint density at radius 2 is 1.93 bits per heavy atom. The second-order valence-electron chi connectivity index (χ2n) is 4.63. The molecule has 1 heterocycles. The van der Waals surface area contributed by atoms with Crippen molar-refractivity contribution in [1.82, 2.24) is 0 Å². The quantitative estimate of drug-likeness (QED) is 0.574. The van der Waals surface area contributed by atoms with Crippen LogP contribution in [-0.4, -0.2) is 46.2 Å². The summed E-state index contributed by atoms with van der Waals surface area (Å²) >= 11 is 0. The molecule has 0 aromatic heterocycles. The van der Waals surface area contributed by atoms with Crippen LogP contribution in [0.25, 0.3) is 0 Å². The zero-order chi connectivity index (χ0) is 11.7. The molecule has 90 valence electrons. The third-order valence-corrected chi connectivity index (χ3v) is 2.77. The van der Waals surface area contributed by atoms with Crippen molar-refractivity contribution in [2.24, 2.45) is 5.92 Å². The normalized spacial score (nSPS) is 30.8. The van der Waals surface area contributed by atoms with Gasteiger partial charge in [0.25, 0.3) is 0 Å². The van der Waals surface area contributed by atoms with Gasteiger partial charge in [0.1, 0.15) is 5.60 Å². The van der Waals surface area contributed by atoms with Crippen molar-refractivity contribution in [1.29, 1.82) is 0 Å². The minimum absolute atomic E-state index is 0.0140. The van der Waals surface area contributed by atoms with E-state index in [1.165, 1.54) is 13.8 Å². The van der Waals surface area contributed by atoms with E-state index in [1.54, 1.807) is 0 Å². The summed E-state index contributed by atoms with van der Waals surface area (Å²) in [6, 6.07) is 0. The van der Waals surface area contributed by atoms with Gasteiger partial charge in [-0.05, 0) is 19.8 Å². The first-order chi connectivity index (χ1) is 6.83. The van der Waals surface area contributed by atoms with Gasteiger partial charge in [0, 0.05) is 6.42 Å². The lowest BCUT2D eigenvalue weighted by atomic mass is 9.90. The van der Waals surface area contributed by atoms with Gasteiger partial charge >= 0.3 is 0 Å². The van der Waals surface area contributed by atoms with E-state index in [0.29, 0.717) is 6.42 Å². The van der Waals surface area contributed by atoms with Crippen LogP contribution in [0.15, 0.2) is 0 Å². The first-order valence-electron chi connectivity index (χ1n) is 5.13. The molecule has 0 bridgehead atoms. The molecule has 0 spiro atoms. The number of aliphatic hydroxyl groups is 3. The maximum absolute atomic E-state index is 9.45. The van der Waals surface area contributed by atoms with E-state index in [9.17, 15) is 15.3 Å². The van der Waals surface area contributed by atoms with E-state index < -0.39 is 17.7 Å². The number of hydrogen-bond donors (Lipinski definition) is 3. The highest BCUT2D eigenvalue weighted by molar-refractivity contribution is 4.91. The van der Waals surface area contributed by atoms with Gasteiger partial charge in [-0.25, -0.2) is 0 Å². The molecule has 0 aromatic carbocycles. The van der Waals surface area contributed by atoms with Crippen LogP contribution in [0.1, 0.15) is 27.2 Å². The van der Waals surface area contributed by atoms with E-state index in [2.05, 4.69) is 0 Å². The number of ether oxygens (including phenoxy) is 2. The minimum atomic E-state index is -1.27. The third-order valence-electron chi connectivity index (χ3n) is 2.77. The molecule has 0 aromatic rings. The summed E-state index contributed by atoms with van der Waals surface area (Å²) in [5.41, 5.74) is -0.948. The van der Waals surface area contributed by atoms with Gasteiger partial charge in [0.2, 0.25) is 0 Å². The molecule has 15 heavy (non-hydrogen) atoms. The fraction of sp³-hybridized carbons (Fsp3) is 1.00. The molecule has 1 aliphatic heterocycles. The predicted molar refractivity (Wildman–Crippen MR) is 52.9 cm³/mol. The molecule has 5 nitrogen and oxygen atoms in total. The molecule has 0 saturated carbocycles. The van der Waals surface area contributed by atoms with Crippen LogP contribution in [0.5, 0.6) is 0 Å². The van der Waals surface area contributed by atoms with Gasteiger partial charge in [-0.2, -0.15) is 0 Å². The molecule has 1 rings (SSSR count). The molecule has 0 aliphatic carbocycles. The SMILES string of the molecule is C[C@H]1C[C@@H](OC(C)(C)O)OC1(CO)CO. The molecule has 2 atom stereocenters. The standard InChI is InChI=1S/C10H20O5/c1-7-4-8(14-9(2,3)13)15-10(7,5-11)6-12/h7-8,11-13H,4-6H2,1-3H3/t7-,8-/m0/s1. The largest absolute Gasteiger partial charge is 0.393 e. The van der Waals surface area contributed by atoms with Crippen molar-refractivity contribution in [2.75, 3.05) is 13.2 Å². The summed E-state index contributed by atoms with van der Waals surface area (Å²) in [5, 5.41) is 27.9. The highest BCUT2D eigenvalue weighted by Crippen LogP contribution is 2.37. The molecule has 5 heteroatoms. The Labute approximate surface area is 89.6 Å². The van der Waals surface area contributed by atoms with Crippen molar-refractivity contribution in [2.45, 2.75) is 44.9 Å². The topological polar surface area (TPSA) is 79.2 Å². The van der Waals surface area contributed by atoms with Crippen molar-refractivity contribution in [3.05, 3.63) is 0 Å². The zero-order valence-corrected chi connectivity index (χ0v) is 9.43. The van der Waals surface area contributed by atoms with Crippen LogP contribution in [0.4, 0.5) is 0 Å². The molecule has 0 unspecified atom stereocenters. The lowest BCUT2D eigenvalue weighted by Gasteiger charge is -2.29.